The van der Waals surface area contributed by atoms with E-state index in [4.69, 9.17) is 0 Å². The monoisotopic (exact) mass is 395 g/mol. The predicted molar refractivity (Wildman–Crippen MR) is 107 cm³/mol. The van der Waals surface area contributed by atoms with E-state index in [1.54, 1.807) is 30.4 Å². The largest absolute Gasteiger partial charge is 0.322 e. The van der Waals surface area contributed by atoms with Gasteiger partial charge >= 0.3 is 0 Å². The lowest BCUT2D eigenvalue weighted by Gasteiger charge is -2.09. The number of thiazole rings is 1. The van der Waals surface area contributed by atoms with E-state index >= 15 is 0 Å². The maximum absolute atomic E-state index is 13.5. The Morgan fingerprint density at radius 3 is 2.54 bits per heavy atom. The van der Waals surface area contributed by atoms with E-state index in [2.05, 4.69) is 15.3 Å². The number of carbonyl (C=O) groups excluding carboxylic acids is 1. The first-order chi connectivity index (χ1) is 13.4. The van der Waals surface area contributed by atoms with Crippen LogP contribution in [0.2, 0.25) is 0 Å². The van der Waals surface area contributed by atoms with Gasteiger partial charge in [0.2, 0.25) is 0 Å². The normalized spacial score (nSPS) is 11.0. The molecule has 0 spiro atoms. The van der Waals surface area contributed by atoms with Gasteiger partial charge in [0.25, 0.3) is 5.91 Å². The van der Waals surface area contributed by atoms with E-state index in [1.165, 1.54) is 6.07 Å². The number of nitrogens with zero attached hydrogens (tertiary/aromatic N) is 2. The summed E-state index contributed by atoms with van der Waals surface area (Å²) in [6.45, 7) is 3.64. The van der Waals surface area contributed by atoms with Gasteiger partial charge in [-0.1, -0.05) is 0 Å². The van der Waals surface area contributed by atoms with Gasteiger partial charge in [-0.2, -0.15) is 0 Å². The van der Waals surface area contributed by atoms with Crippen LogP contribution in [0.5, 0.6) is 0 Å². The zero-order chi connectivity index (χ0) is 19.8. The molecule has 4 rings (SSSR count). The minimum absolute atomic E-state index is 0.298. The van der Waals surface area contributed by atoms with Crippen molar-refractivity contribution in [3.63, 3.8) is 0 Å². The average molecular weight is 395 g/mol. The van der Waals surface area contributed by atoms with Crippen LogP contribution in [0, 0.1) is 25.5 Å². The molecule has 0 aliphatic rings. The van der Waals surface area contributed by atoms with E-state index < -0.39 is 11.6 Å². The lowest BCUT2D eigenvalue weighted by atomic mass is 10.1. The van der Waals surface area contributed by atoms with Crippen molar-refractivity contribution >= 4 is 33.1 Å². The number of halogens is 2. The minimum atomic E-state index is -0.938. The molecule has 0 atom stereocenters. The fourth-order valence-electron chi connectivity index (χ4n) is 2.94. The Bertz CT molecular complexity index is 1220. The number of pyridine rings is 1. The van der Waals surface area contributed by atoms with Crippen LogP contribution in [-0.2, 0) is 0 Å². The Kier molecular flexibility index (Phi) is 4.60. The molecule has 0 aliphatic heterocycles. The molecular formula is C21H15F2N3OS. The van der Waals surface area contributed by atoms with Crippen LogP contribution >= 0.6 is 11.3 Å². The fraction of sp³-hybridized carbons (Fsp3) is 0.0952. The highest BCUT2D eigenvalue weighted by Crippen LogP contribution is 2.25. The number of nitrogens with one attached hydrogen (secondary N) is 1. The van der Waals surface area contributed by atoms with E-state index in [-0.39, 0.29) is 5.91 Å². The van der Waals surface area contributed by atoms with Gasteiger partial charge < -0.3 is 5.32 Å². The summed E-state index contributed by atoms with van der Waals surface area (Å²) in [5.74, 6) is -2.15. The molecule has 4 nitrogen and oxygen atoms in total. The third-order valence-corrected chi connectivity index (χ3v) is 5.25. The fourth-order valence-corrected chi connectivity index (χ4v) is 3.74. The highest BCUT2D eigenvalue weighted by molar-refractivity contribution is 7.18. The van der Waals surface area contributed by atoms with Crippen molar-refractivity contribution in [2.45, 2.75) is 13.8 Å². The van der Waals surface area contributed by atoms with Gasteiger partial charge in [0, 0.05) is 11.3 Å². The molecule has 1 amide bonds. The summed E-state index contributed by atoms with van der Waals surface area (Å²) in [7, 11) is 0. The topological polar surface area (TPSA) is 54.9 Å². The molecule has 0 saturated heterocycles. The molecule has 140 valence electrons. The van der Waals surface area contributed by atoms with Crippen LogP contribution in [0.4, 0.5) is 14.5 Å². The first-order valence-corrected chi connectivity index (χ1v) is 9.34. The molecule has 0 aliphatic carbocycles. The third-order valence-electron chi connectivity index (χ3n) is 4.30. The minimum Gasteiger partial charge on any atom is -0.322 e. The summed E-state index contributed by atoms with van der Waals surface area (Å²) in [4.78, 5) is 21.4. The number of aryl methyl sites for hydroxylation is 2. The van der Waals surface area contributed by atoms with E-state index in [0.717, 1.165) is 27.4 Å². The van der Waals surface area contributed by atoms with Crippen molar-refractivity contribution in [3.8, 4) is 11.3 Å². The summed E-state index contributed by atoms with van der Waals surface area (Å²) >= 11 is 1.60. The summed E-state index contributed by atoms with van der Waals surface area (Å²) in [5, 5.41) is 3.82. The van der Waals surface area contributed by atoms with E-state index in [0.29, 0.717) is 28.2 Å². The second-order valence-electron chi connectivity index (χ2n) is 6.33. The van der Waals surface area contributed by atoms with Crippen molar-refractivity contribution in [1.82, 2.24) is 9.97 Å². The Morgan fingerprint density at radius 1 is 0.964 bits per heavy atom. The molecule has 2 aromatic heterocycles. The number of rotatable bonds is 3. The molecule has 1 N–H and O–H groups in total. The first kappa shape index (κ1) is 18.2. The average Bonchev–Trinajstić information content (AvgIpc) is 3.03. The molecule has 2 heterocycles. The summed E-state index contributed by atoms with van der Waals surface area (Å²) in [6.07, 6.45) is 0. The smallest absolute Gasteiger partial charge is 0.257 e. The maximum atomic E-state index is 13.5. The zero-order valence-electron chi connectivity index (χ0n) is 15.1. The Morgan fingerprint density at radius 2 is 1.79 bits per heavy atom. The highest BCUT2D eigenvalue weighted by Gasteiger charge is 2.13. The number of aromatic nitrogens is 2. The number of fused-ring (bicyclic) bond motifs is 1. The first-order valence-electron chi connectivity index (χ1n) is 8.52. The Hall–Kier alpha value is -3.19. The second-order valence-corrected chi connectivity index (χ2v) is 7.56. The molecule has 2 aromatic carbocycles. The Balaban J connectivity index is 1.59. The predicted octanol–water partition coefficient (Wildman–Crippen LogP) is 5.51. The van der Waals surface area contributed by atoms with Gasteiger partial charge in [0.15, 0.2) is 11.6 Å². The number of anilines is 1. The highest BCUT2D eigenvalue weighted by atomic mass is 32.1. The quantitative estimate of drug-likeness (QED) is 0.498. The SMILES string of the molecule is Cc1nc2cc(NC(=O)c3ccc(-c4ccc(F)c(F)c4)nc3C)ccc2s1. The molecule has 4 aromatic rings. The lowest BCUT2D eigenvalue weighted by Crippen LogP contribution is -2.14. The molecule has 0 saturated carbocycles. The number of carbonyl (C=O) groups is 1. The molecule has 0 bridgehead atoms. The van der Waals surface area contributed by atoms with Gasteiger partial charge in [-0.05, 0) is 62.4 Å². The molecule has 0 radical (unpaired) electrons. The van der Waals surface area contributed by atoms with Crippen LogP contribution < -0.4 is 5.32 Å². The summed E-state index contributed by atoms with van der Waals surface area (Å²) in [6, 6.07) is 12.4. The summed E-state index contributed by atoms with van der Waals surface area (Å²) < 4.78 is 27.6. The van der Waals surface area contributed by atoms with E-state index in [1.807, 2.05) is 25.1 Å². The molecule has 28 heavy (non-hydrogen) atoms. The van der Waals surface area contributed by atoms with Crippen molar-refractivity contribution in [2.75, 3.05) is 5.32 Å². The molecule has 0 unspecified atom stereocenters. The van der Waals surface area contributed by atoms with Crippen LogP contribution in [0.25, 0.3) is 21.5 Å². The standard InChI is InChI=1S/C21H15F2N3OS/c1-11-15(5-7-18(24-11)13-3-6-16(22)17(23)9-13)21(27)26-14-4-8-20-19(10-14)25-12(2)28-20/h3-10H,1-2H3,(H,26,27). The van der Waals surface area contributed by atoms with Crippen LogP contribution in [0.3, 0.4) is 0 Å². The van der Waals surface area contributed by atoms with Crippen molar-refractivity contribution in [2.24, 2.45) is 0 Å². The number of amides is 1. The number of hydrogen-bond acceptors (Lipinski definition) is 4. The van der Waals surface area contributed by atoms with Gasteiger partial charge in [0.1, 0.15) is 0 Å². The maximum Gasteiger partial charge on any atom is 0.257 e. The van der Waals surface area contributed by atoms with Gasteiger partial charge in [-0.25, -0.2) is 13.8 Å². The van der Waals surface area contributed by atoms with Crippen LogP contribution in [0.1, 0.15) is 21.1 Å². The van der Waals surface area contributed by atoms with Crippen molar-refractivity contribution in [1.29, 1.82) is 0 Å². The van der Waals surface area contributed by atoms with Crippen LogP contribution in [0.15, 0.2) is 48.5 Å². The molecule has 7 heteroatoms. The third kappa shape index (κ3) is 3.48. The number of benzene rings is 2. The zero-order valence-corrected chi connectivity index (χ0v) is 15.9. The molecular weight excluding hydrogens is 380 g/mol. The lowest BCUT2D eigenvalue weighted by molar-refractivity contribution is 0.102. The van der Waals surface area contributed by atoms with Gasteiger partial charge in [-0.3, -0.25) is 9.78 Å². The van der Waals surface area contributed by atoms with E-state index in [9.17, 15) is 13.6 Å². The second kappa shape index (κ2) is 7.09. The summed E-state index contributed by atoms with van der Waals surface area (Å²) in [5.41, 5.74) is 3.28. The van der Waals surface area contributed by atoms with Crippen molar-refractivity contribution < 1.29 is 13.6 Å². The molecule has 0 fully saturated rings. The Labute approximate surface area is 163 Å². The van der Waals surface area contributed by atoms with Crippen LogP contribution in [-0.4, -0.2) is 15.9 Å². The number of hydrogen-bond donors (Lipinski definition) is 1. The van der Waals surface area contributed by atoms with Gasteiger partial charge in [-0.15, -0.1) is 11.3 Å². The van der Waals surface area contributed by atoms with Crippen molar-refractivity contribution in [3.05, 3.63) is 76.4 Å². The van der Waals surface area contributed by atoms with Gasteiger partial charge in [0.05, 0.1) is 32.2 Å².